The molecule has 0 fully saturated rings. The molecule has 0 aliphatic rings. The van der Waals surface area contributed by atoms with Crippen LogP contribution in [0.1, 0.15) is 10.4 Å². The molecule has 2 rings (SSSR count). The van der Waals surface area contributed by atoms with E-state index in [0.717, 1.165) is 6.07 Å². The number of nitro groups is 1. The SMILES string of the molecule is O=C(OCCOc1ccc(Cl)cc1)c1cc([N+](=O)[O-])ccc1Cl. The summed E-state index contributed by atoms with van der Waals surface area (Å²) in [4.78, 5) is 22.0. The first-order valence-corrected chi connectivity index (χ1v) is 7.22. The van der Waals surface area contributed by atoms with Gasteiger partial charge in [0.1, 0.15) is 19.0 Å². The number of carbonyl (C=O) groups is 1. The molecule has 23 heavy (non-hydrogen) atoms. The molecule has 0 N–H and O–H groups in total. The maximum Gasteiger partial charge on any atom is 0.340 e. The molecule has 2 aromatic carbocycles. The maximum absolute atomic E-state index is 11.9. The number of nitro benzene ring substituents is 1. The minimum Gasteiger partial charge on any atom is -0.490 e. The molecule has 0 atom stereocenters. The fraction of sp³-hybridized carbons (Fsp3) is 0.133. The number of non-ortho nitro benzene ring substituents is 1. The second-order valence-electron chi connectivity index (χ2n) is 4.36. The number of hydrogen-bond acceptors (Lipinski definition) is 5. The van der Waals surface area contributed by atoms with E-state index in [0.29, 0.717) is 10.8 Å². The number of benzene rings is 2. The van der Waals surface area contributed by atoms with E-state index < -0.39 is 10.9 Å². The predicted molar refractivity (Wildman–Crippen MR) is 85.3 cm³/mol. The molecule has 0 spiro atoms. The summed E-state index contributed by atoms with van der Waals surface area (Å²) in [7, 11) is 0. The molecule has 0 unspecified atom stereocenters. The van der Waals surface area contributed by atoms with Crippen LogP contribution in [0.2, 0.25) is 10.0 Å². The van der Waals surface area contributed by atoms with Gasteiger partial charge in [-0.15, -0.1) is 0 Å². The van der Waals surface area contributed by atoms with Crippen LogP contribution in [0.15, 0.2) is 42.5 Å². The van der Waals surface area contributed by atoms with Crippen molar-refractivity contribution in [1.82, 2.24) is 0 Å². The summed E-state index contributed by atoms with van der Waals surface area (Å²) in [6.07, 6.45) is 0. The summed E-state index contributed by atoms with van der Waals surface area (Å²) < 4.78 is 10.4. The van der Waals surface area contributed by atoms with Gasteiger partial charge in [-0.25, -0.2) is 4.79 Å². The largest absolute Gasteiger partial charge is 0.490 e. The van der Waals surface area contributed by atoms with Crippen LogP contribution in [0.4, 0.5) is 5.69 Å². The van der Waals surface area contributed by atoms with Crippen LogP contribution < -0.4 is 4.74 Å². The lowest BCUT2D eigenvalue weighted by Gasteiger charge is -2.08. The zero-order valence-corrected chi connectivity index (χ0v) is 13.2. The average molecular weight is 356 g/mol. The first-order chi connectivity index (χ1) is 11.0. The molecule has 0 bridgehead atoms. The lowest BCUT2D eigenvalue weighted by atomic mass is 10.2. The van der Waals surface area contributed by atoms with Gasteiger partial charge in [-0.2, -0.15) is 0 Å². The first-order valence-electron chi connectivity index (χ1n) is 6.47. The van der Waals surface area contributed by atoms with E-state index >= 15 is 0 Å². The minimum atomic E-state index is -0.751. The van der Waals surface area contributed by atoms with Gasteiger partial charge < -0.3 is 9.47 Å². The molecule has 6 nitrogen and oxygen atoms in total. The van der Waals surface area contributed by atoms with Gasteiger partial charge in [0.25, 0.3) is 5.69 Å². The molecule has 0 saturated carbocycles. The van der Waals surface area contributed by atoms with E-state index in [1.54, 1.807) is 24.3 Å². The molecule has 8 heteroatoms. The smallest absolute Gasteiger partial charge is 0.340 e. The standard InChI is InChI=1S/C15H11Cl2NO5/c16-10-1-4-12(5-2-10)22-7-8-23-15(19)13-9-11(18(20)21)3-6-14(13)17/h1-6,9H,7-8H2. The van der Waals surface area contributed by atoms with Crippen LogP contribution in [0, 0.1) is 10.1 Å². The highest BCUT2D eigenvalue weighted by molar-refractivity contribution is 6.33. The lowest BCUT2D eigenvalue weighted by Crippen LogP contribution is -2.13. The highest BCUT2D eigenvalue weighted by Gasteiger charge is 2.17. The minimum absolute atomic E-state index is 0.0273. The number of nitrogens with zero attached hydrogens (tertiary/aromatic N) is 1. The van der Waals surface area contributed by atoms with Crippen molar-refractivity contribution in [2.45, 2.75) is 0 Å². The molecule has 120 valence electrons. The number of hydrogen-bond donors (Lipinski definition) is 0. The van der Waals surface area contributed by atoms with Gasteiger partial charge in [0.05, 0.1) is 15.5 Å². The van der Waals surface area contributed by atoms with E-state index in [1.807, 2.05) is 0 Å². The summed E-state index contributed by atoms with van der Waals surface area (Å²) in [6, 6.07) is 10.3. The van der Waals surface area contributed by atoms with Crippen LogP contribution in [0.5, 0.6) is 5.75 Å². The molecule has 0 aliphatic carbocycles. The molecule has 0 heterocycles. The second kappa shape index (κ2) is 7.80. The monoisotopic (exact) mass is 355 g/mol. The molecule has 0 saturated heterocycles. The Balaban J connectivity index is 1.88. The van der Waals surface area contributed by atoms with E-state index in [4.69, 9.17) is 32.7 Å². The van der Waals surface area contributed by atoms with Crippen molar-refractivity contribution < 1.29 is 19.2 Å². The Morgan fingerprint density at radius 3 is 2.43 bits per heavy atom. The van der Waals surface area contributed by atoms with Crippen LogP contribution in [0.25, 0.3) is 0 Å². The number of carbonyl (C=O) groups excluding carboxylic acids is 1. The Bertz CT molecular complexity index is 718. The third kappa shape index (κ3) is 4.84. The van der Waals surface area contributed by atoms with Gasteiger partial charge in [0, 0.05) is 17.2 Å². The first kappa shape index (κ1) is 17.1. The Morgan fingerprint density at radius 2 is 1.78 bits per heavy atom. The van der Waals surface area contributed by atoms with Gasteiger partial charge in [-0.05, 0) is 30.3 Å². The normalized spacial score (nSPS) is 10.2. The summed E-state index contributed by atoms with van der Waals surface area (Å²) in [5.74, 6) is -0.169. The molecular weight excluding hydrogens is 345 g/mol. The van der Waals surface area contributed by atoms with Crippen molar-refractivity contribution in [1.29, 1.82) is 0 Å². The molecular formula is C15H11Cl2NO5. The fourth-order valence-electron chi connectivity index (χ4n) is 1.69. The highest BCUT2D eigenvalue weighted by atomic mass is 35.5. The van der Waals surface area contributed by atoms with Gasteiger partial charge in [0.2, 0.25) is 0 Å². The molecule has 0 aromatic heterocycles. The van der Waals surface area contributed by atoms with E-state index in [1.165, 1.54) is 12.1 Å². The molecule has 0 amide bonds. The Labute approximate surface area is 141 Å². The van der Waals surface area contributed by atoms with E-state index in [2.05, 4.69) is 0 Å². The Kier molecular flexibility index (Phi) is 5.78. The zero-order chi connectivity index (χ0) is 16.8. The van der Waals surface area contributed by atoms with E-state index in [-0.39, 0.29) is 29.5 Å². The topological polar surface area (TPSA) is 78.7 Å². The van der Waals surface area contributed by atoms with Crippen LogP contribution in [-0.4, -0.2) is 24.1 Å². The summed E-state index contributed by atoms with van der Waals surface area (Å²) in [6.45, 7) is 0.0976. The molecule has 2 aromatic rings. The molecule has 0 aliphatic heterocycles. The van der Waals surface area contributed by atoms with Gasteiger partial charge in [-0.1, -0.05) is 23.2 Å². The maximum atomic E-state index is 11.9. The van der Waals surface area contributed by atoms with Crippen LogP contribution in [0.3, 0.4) is 0 Å². The van der Waals surface area contributed by atoms with Crippen LogP contribution >= 0.6 is 23.2 Å². The average Bonchev–Trinajstić information content (AvgIpc) is 2.53. The number of halogens is 2. The summed E-state index contributed by atoms with van der Waals surface area (Å²) >= 11 is 11.6. The van der Waals surface area contributed by atoms with Crippen molar-refractivity contribution in [2.24, 2.45) is 0 Å². The fourth-order valence-corrected chi connectivity index (χ4v) is 2.01. The van der Waals surface area contributed by atoms with Crippen molar-refractivity contribution in [2.75, 3.05) is 13.2 Å². The number of ether oxygens (including phenoxy) is 2. The van der Waals surface area contributed by atoms with Crippen molar-refractivity contribution >= 4 is 34.9 Å². The molecule has 0 radical (unpaired) electrons. The van der Waals surface area contributed by atoms with Crippen molar-refractivity contribution in [3.63, 3.8) is 0 Å². The third-order valence-electron chi connectivity index (χ3n) is 2.78. The zero-order valence-electron chi connectivity index (χ0n) is 11.7. The van der Waals surface area contributed by atoms with Crippen molar-refractivity contribution in [3.8, 4) is 5.75 Å². The van der Waals surface area contributed by atoms with Gasteiger partial charge in [0.15, 0.2) is 0 Å². The predicted octanol–water partition coefficient (Wildman–Crippen LogP) is 4.14. The van der Waals surface area contributed by atoms with Crippen molar-refractivity contribution in [3.05, 3.63) is 68.2 Å². The third-order valence-corrected chi connectivity index (χ3v) is 3.36. The second-order valence-corrected chi connectivity index (χ2v) is 5.20. The number of esters is 1. The Hall–Kier alpha value is -2.31. The highest BCUT2D eigenvalue weighted by Crippen LogP contribution is 2.22. The summed E-state index contributed by atoms with van der Waals surface area (Å²) in [5.41, 5.74) is -0.300. The van der Waals surface area contributed by atoms with Gasteiger partial charge in [-0.3, -0.25) is 10.1 Å². The number of rotatable bonds is 6. The van der Waals surface area contributed by atoms with Crippen LogP contribution in [-0.2, 0) is 4.74 Å². The summed E-state index contributed by atoms with van der Waals surface area (Å²) in [5, 5.41) is 11.4. The van der Waals surface area contributed by atoms with Gasteiger partial charge >= 0.3 is 5.97 Å². The Morgan fingerprint density at radius 1 is 1.09 bits per heavy atom. The van der Waals surface area contributed by atoms with E-state index in [9.17, 15) is 14.9 Å². The quantitative estimate of drug-likeness (QED) is 0.336. The lowest BCUT2D eigenvalue weighted by molar-refractivity contribution is -0.384.